The summed E-state index contributed by atoms with van der Waals surface area (Å²) in [4.78, 5) is 19.5. The van der Waals surface area contributed by atoms with Crippen LogP contribution in [0.4, 0.5) is 16.2 Å². The van der Waals surface area contributed by atoms with Gasteiger partial charge in [-0.2, -0.15) is 0 Å². The largest absolute Gasteiger partial charge is 0.493 e. The Morgan fingerprint density at radius 3 is 2.74 bits per heavy atom. The summed E-state index contributed by atoms with van der Waals surface area (Å²) in [5.74, 6) is 2.65. The first-order valence-corrected chi connectivity index (χ1v) is 12.3. The van der Waals surface area contributed by atoms with Gasteiger partial charge in [0, 0.05) is 37.8 Å². The van der Waals surface area contributed by atoms with Crippen molar-refractivity contribution < 1.29 is 9.53 Å². The van der Waals surface area contributed by atoms with E-state index in [-0.39, 0.29) is 6.03 Å². The van der Waals surface area contributed by atoms with Crippen molar-refractivity contribution >= 4 is 28.4 Å². The number of ether oxygens (including phenoxy) is 1. The summed E-state index contributed by atoms with van der Waals surface area (Å²) in [5, 5.41) is 2.94. The fraction of sp³-hybridized carbons (Fsp3) is 0.310. The van der Waals surface area contributed by atoms with Crippen LogP contribution in [0.25, 0.3) is 11.0 Å². The van der Waals surface area contributed by atoms with Gasteiger partial charge in [-0.1, -0.05) is 44.2 Å². The third kappa shape index (κ3) is 5.02. The number of anilines is 2. The zero-order valence-electron chi connectivity index (χ0n) is 20.6. The topological polar surface area (TPSA) is 59.4 Å². The molecule has 6 heteroatoms. The van der Waals surface area contributed by atoms with Crippen molar-refractivity contribution in [3.8, 4) is 5.75 Å². The number of imidazole rings is 1. The van der Waals surface area contributed by atoms with Crippen molar-refractivity contribution in [1.29, 1.82) is 0 Å². The maximum absolute atomic E-state index is 12.8. The summed E-state index contributed by atoms with van der Waals surface area (Å²) in [6.07, 6.45) is 2.81. The van der Waals surface area contributed by atoms with Crippen LogP contribution in [0.5, 0.6) is 5.75 Å². The number of hydrogen-bond donors (Lipinski definition) is 1. The van der Waals surface area contributed by atoms with E-state index in [1.165, 1.54) is 11.1 Å². The number of para-hydroxylation sites is 1. The Labute approximate surface area is 206 Å². The minimum atomic E-state index is -0.185. The molecule has 1 aliphatic rings. The summed E-state index contributed by atoms with van der Waals surface area (Å²) in [7, 11) is 1.78. The molecular weight excluding hydrogens is 436 g/mol. The predicted molar refractivity (Wildman–Crippen MR) is 141 cm³/mol. The van der Waals surface area contributed by atoms with Crippen LogP contribution in [0.15, 0.2) is 66.7 Å². The van der Waals surface area contributed by atoms with E-state index in [1.54, 1.807) is 11.9 Å². The molecule has 0 aliphatic carbocycles. The average molecular weight is 469 g/mol. The molecule has 2 heterocycles. The number of aromatic nitrogens is 2. The van der Waals surface area contributed by atoms with Gasteiger partial charge in [0.2, 0.25) is 0 Å². The van der Waals surface area contributed by atoms with Gasteiger partial charge in [0.05, 0.1) is 17.6 Å². The van der Waals surface area contributed by atoms with Gasteiger partial charge < -0.3 is 14.6 Å². The zero-order valence-corrected chi connectivity index (χ0v) is 20.6. The van der Waals surface area contributed by atoms with Gasteiger partial charge in [0.25, 0.3) is 0 Å². The lowest BCUT2D eigenvalue weighted by Crippen LogP contribution is -2.31. The van der Waals surface area contributed by atoms with Crippen LogP contribution < -0.4 is 15.0 Å². The molecule has 0 unspecified atom stereocenters. The van der Waals surface area contributed by atoms with E-state index in [9.17, 15) is 4.79 Å². The molecule has 35 heavy (non-hydrogen) atoms. The number of benzene rings is 3. The fourth-order valence-corrected chi connectivity index (χ4v) is 4.53. The molecule has 2 amide bonds. The van der Waals surface area contributed by atoms with E-state index in [1.807, 2.05) is 42.5 Å². The van der Waals surface area contributed by atoms with Crippen molar-refractivity contribution in [2.24, 2.45) is 5.92 Å². The van der Waals surface area contributed by atoms with Crippen molar-refractivity contribution in [2.75, 3.05) is 23.9 Å². The number of nitrogens with one attached hydrogen (secondary N) is 1. The highest BCUT2D eigenvalue weighted by Crippen LogP contribution is 2.29. The highest BCUT2D eigenvalue weighted by molar-refractivity contribution is 6.02. The summed E-state index contributed by atoms with van der Waals surface area (Å²) in [6.45, 7) is 6.18. The Morgan fingerprint density at radius 1 is 1.11 bits per heavy atom. The van der Waals surface area contributed by atoms with E-state index in [0.717, 1.165) is 66.4 Å². The lowest BCUT2D eigenvalue weighted by molar-refractivity contribution is 0.258. The third-order valence-electron chi connectivity index (χ3n) is 6.57. The Morgan fingerprint density at radius 2 is 1.94 bits per heavy atom. The molecule has 0 atom stereocenters. The zero-order chi connectivity index (χ0) is 24.4. The smallest absolute Gasteiger partial charge is 0.326 e. The van der Waals surface area contributed by atoms with E-state index in [0.29, 0.717) is 5.92 Å². The van der Waals surface area contributed by atoms with Gasteiger partial charge >= 0.3 is 6.03 Å². The molecule has 1 aromatic heterocycles. The standard InChI is InChI=1S/C29H32N4O2/c1-20(2)13-15-33-26-11-10-24(32(3)29(34)30-23-7-5-4-6-8-23)19-25(26)31-28(33)18-21-9-12-27-22(17-21)14-16-35-27/h4-12,17,19-20H,13-16,18H2,1-3H3,(H,30,34). The number of nitrogens with zero attached hydrogens (tertiary/aromatic N) is 3. The van der Waals surface area contributed by atoms with E-state index >= 15 is 0 Å². The highest BCUT2D eigenvalue weighted by Gasteiger charge is 2.18. The molecule has 4 aromatic rings. The minimum Gasteiger partial charge on any atom is -0.493 e. The average Bonchev–Trinajstić information content (AvgIpc) is 3.46. The second kappa shape index (κ2) is 9.82. The first-order chi connectivity index (χ1) is 17.0. The number of hydrogen-bond acceptors (Lipinski definition) is 3. The molecule has 0 saturated carbocycles. The molecule has 180 valence electrons. The van der Waals surface area contributed by atoms with E-state index in [2.05, 4.69) is 48.0 Å². The molecular formula is C29H32N4O2. The Balaban J connectivity index is 1.43. The maximum Gasteiger partial charge on any atom is 0.326 e. The van der Waals surface area contributed by atoms with Crippen LogP contribution in [0.1, 0.15) is 37.2 Å². The van der Waals surface area contributed by atoms with Crippen LogP contribution >= 0.6 is 0 Å². The Kier molecular flexibility index (Phi) is 6.45. The molecule has 0 bridgehead atoms. The number of aryl methyl sites for hydroxylation is 1. The van der Waals surface area contributed by atoms with Crippen molar-refractivity contribution in [3.63, 3.8) is 0 Å². The quantitative estimate of drug-likeness (QED) is 0.347. The second-order valence-electron chi connectivity index (χ2n) is 9.61. The van der Waals surface area contributed by atoms with E-state index < -0.39 is 0 Å². The molecule has 1 aliphatic heterocycles. The van der Waals surface area contributed by atoms with Crippen molar-refractivity contribution in [1.82, 2.24) is 9.55 Å². The lowest BCUT2D eigenvalue weighted by atomic mass is 10.1. The maximum atomic E-state index is 12.8. The van der Waals surface area contributed by atoms with Gasteiger partial charge in [0.1, 0.15) is 11.6 Å². The number of fused-ring (bicyclic) bond motifs is 2. The number of urea groups is 1. The van der Waals surface area contributed by atoms with Crippen LogP contribution in [0.2, 0.25) is 0 Å². The SMILES string of the molecule is CC(C)CCn1c(Cc2ccc3c(c2)CCO3)nc2cc(N(C)C(=O)Nc3ccccc3)ccc21. The summed E-state index contributed by atoms with van der Waals surface area (Å²) in [5.41, 5.74) is 6.11. The summed E-state index contributed by atoms with van der Waals surface area (Å²) in [6, 6.07) is 21.9. The van der Waals surface area contributed by atoms with Crippen LogP contribution in [-0.4, -0.2) is 29.2 Å². The number of carbonyl (C=O) groups excluding carboxylic acids is 1. The summed E-state index contributed by atoms with van der Waals surface area (Å²) >= 11 is 0. The van der Waals surface area contributed by atoms with Gasteiger partial charge in [-0.3, -0.25) is 4.90 Å². The Bertz CT molecular complexity index is 1340. The van der Waals surface area contributed by atoms with Gasteiger partial charge in [0.15, 0.2) is 0 Å². The fourth-order valence-electron chi connectivity index (χ4n) is 4.53. The normalized spacial score (nSPS) is 12.6. The molecule has 0 saturated heterocycles. The van der Waals surface area contributed by atoms with Crippen molar-refractivity contribution in [3.05, 3.63) is 83.7 Å². The summed E-state index contributed by atoms with van der Waals surface area (Å²) < 4.78 is 8.01. The molecule has 0 radical (unpaired) electrons. The van der Waals surface area contributed by atoms with Crippen LogP contribution in [-0.2, 0) is 19.4 Å². The van der Waals surface area contributed by atoms with Gasteiger partial charge in [-0.05, 0) is 59.9 Å². The molecule has 0 fully saturated rings. The number of amides is 2. The van der Waals surface area contributed by atoms with Crippen LogP contribution in [0, 0.1) is 5.92 Å². The van der Waals surface area contributed by atoms with E-state index in [4.69, 9.17) is 9.72 Å². The third-order valence-corrected chi connectivity index (χ3v) is 6.57. The molecule has 6 nitrogen and oxygen atoms in total. The Hall–Kier alpha value is -3.80. The second-order valence-corrected chi connectivity index (χ2v) is 9.61. The van der Waals surface area contributed by atoms with Gasteiger partial charge in [-0.25, -0.2) is 9.78 Å². The molecule has 3 aromatic carbocycles. The number of rotatable bonds is 7. The molecule has 0 spiro atoms. The number of carbonyl (C=O) groups is 1. The molecule has 5 rings (SSSR count). The lowest BCUT2D eigenvalue weighted by Gasteiger charge is -2.18. The molecule has 1 N–H and O–H groups in total. The predicted octanol–water partition coefficient (Wildman–Crippen LogP) is 6.28. The minimum absolute atomic E-state index is 0.185. The van der Waals surface area contributed by atoms with Crippen LogP contribution in [0.3, 0.4) is 0 Å². The highest BCUT2D eigenvalue weighted by atomic mass is 16.5. The monoisotopic (exact) mass is 468 g/mol. The first-order valence-electron chi connectivity index (χ1n) is 12.3. The first kappa shape index (κ1) is 23.0. The van der Waals surface area contributed by atoms with Gasteiger partial charge in [-0.15, -0.1) is 0 Å². The van der Waals surface area contributed by atoms with Crippen molar-refractivity contribution in [2.45, 2.75) is 39.7 Å².